The van der Waals surface area contributed by atoms with Gasteiger partial charge in [-0.15, -0.1) is 0 Å². The molecule has 3 nitrogen and oxygen atoms in total. The zero-order chi connectivity index (χ0) is 12.4. The quantitative estimate of drug-likeness (QED) is 0.902. The average Bonchev–Trinajstić information content (AvgIpc) is 2.80. The van der Waals surface area contributed by atoms with Crippen molar-refractivity contribution in [1.29, 1.82) is 0 Å². The van der Waals surface area contributed by atoms with Crippen LogP contribution in [0, 0.1) is 5.92 Å². The van der Waals surface area contributed by atoms with Crippen LogP contribution in [0.2, 0.25) is 0 Å². The SMILES string of the molecule is CCc1ccc2oc(CC3CCCNC3)nc2c1. The van der Waals surface area contributed by atoms with Gasteiger partial charge in [-0.1, -0.05) is 13.0 Å². The van der Waals surface area contributed by atoms with Crippen molar-refractivity contribution in [2.45, 2.75) is 32.6 Å². The molecule has 96 valence electrons. The predicted molar refractivity (Wildman–Crippen MR) is 72.7 cm³/mol. The van der Waals surface area contributed by atoms with Gasteiger partial charge in [-0.05, 0) is 56.0 Å². The number of hydrogen-bond acceptors (Lipinski definition) is 3. The van der Waals surface area contributed by atoms with Gasteiger partial charge in [0.15, 0.2) is 11.5 Å². The molecule has 0 bridgehead atoms. The van der Waals surface area contributed by atoms with Gasteiger partial charge >= 0.3 is 0 Å². The van der Waals surface area contributed by atoms with Crippen LogP contribution in [0.4, 0.5) is 0 Å². The van der Waals surface area contributed by atoms with Crippen molar-refractivity contribution in [3.8, 4) is 0 Å². The van der Waals surface area contributed by atoms with Crippen molar-refractivity contribution in [2.24, 2.45) is 5.92 Å². The standard InChI is InChI=1S/C15H20N2O/c1-2-11-5-6-14-13(8-11)17-15(18-14)9-12-4-3-7-16-10-12/h5-6,8,12,16H,2-4,7,9-10H2,1H3. The smallest absolute Gasteiger partial charge is 0.195 e. The minimum absolute atomic E-state index is 0.678. The maximum atomic E-state index is 5.83. The Balaban J connectivity index is 1.79. The number of piperidine rings is 1. The molecule has 18 heavy (non-hydrogen) atoms. The molecule has 1 fully saturated rings. The van der Waals surface area contributed by atoms with Crippen molar-refractivity contribution in [3.05, 3.63) is 29.7 Å². The monoisotopic (exact) mass is 244 g/mol. The Bertz CT molecular complexity index is 526. The van der Waals surface area contributed by atoms with E-state index >= 15 is 0 Å². The van der Waals surface area contributed by atoms with Gasteiger partial charge in [0.1, 0.15) is 5.52 Å². The number of aromatic nitrogens is 1. The summed E-state index contributed by atoms with van der Waals surface area (Å²) in [6.07, 6.45) is 4.56. The van der Waals surface area contributed by atoms with E-state index < -0.39 is 0 Å². The highest BCUT2D eigenvalue weighted by Gasteiger charge is 2.16. The Labute approximate surface area is 108 Å². The fraction of sp³-hybridized carbons (Fsp3) is 0.533. The number of aryl methyl sites for hydroxylation is 1. The van der Waals surface area contributed by atoms with Crippen molar-refractivity contribution in [2.75, 3.05) is 13.1 Å². The molecule has 1 aliphatic heterocycles. The third-order valence-corrected chi connectivity index (χ3v) is 3.77. The highest BCUT2D eigenvalue weighted by molar-refractivity contribution is 5.73. The fourth-order valence-corrected chi connectivity index (χ4v) is 2.67. The molecular weight excluding hydrogens is 224 g/mol. The molecule has 2 heterocycles. The Morgan fingerprint density at radius 3 is 3.17 bits per heavy atom. The molecular formula is C15H20N2O. The Kier molecular flexibility index (Phi) is 3.33. The van der Waals surface area contributed by atoms with Crippen LogP contribution in [0.5, 0.6) is 0 Å². The van der Waals surface area contributed by atoms with Gasteiger partial charge in [0.2, 0.25) is 0 Å². The van der Waals surface area contributed by atoms with E-state index in [-0.39, 0.29) is 0 Å². The number of hydrogen-bond donors (Lipinski definition) is 1. The number of nitrogens with one attached hydrogen (secondary N) is 1. The van der Waals surface area contributed by atoms with Gasteiger partial charge in [0, 0.05) is 6.42 Å². The van der Waals surface area contributed by atoms with E-state index in [1.165, 1.54) is 18.4 Å². The van der Waals surface area contributed by atoms with Crippen LogP contribution in [0.3, 0.4) is 0 Å². The van der Waals surface area contributed by atoms with E-state index in [1.54, 1.807) is 0 Å². The normalized spacial score (nSPS) is 20.4. The summed E-state index contributed by atoms with van der Waals surface area (Å²) in [6, 6.07) is 6.31. The second-order valence-corrected chi connectivity index (χ2v) is 5.18. The van der Waals surface area contributed by atoms with E-state index in [0.29, 0.717) is 5.92 Å². The van der Waals surface area contributed by atoms with Crippen LogP contribution >= 0.6 is 0 Å². The van der Waals surface area contributed by atoms with Crippen molar-refractivity contribution in [3.63, 3.8) is 0 Å². The van der Waals surface area contributed by atoms with Crippen LogP contribution < -0.4 is 5.32 Å². The fourth-order valence-electron chi connectivity index (χ4n) is 2.67. The zero-order valence-electron chi connectivity index (χ0n) is 10.9. The predicted octanol–water partition coefficient (Wildman–Crippen LogP) is 2.93. The summed E-state index contributed by atoms with van der Waals surface area (Å²) >= 11 is 0. The van der Waals surface area contributed by atoms with Gasteiger partial charge in [-0.2, -0.15) is 0 Å². The molecule has 0 aliphatic carbocycles. The van der Waals surface area contributed by atoms with Gasteiger partial charge in [0.25, 0.3) is 0 Å². The molecule has 1 N–H and O–H groups in total. The van der Waals surface area contributed by atoms with E-state index in [2.05, 4.69) is 29.4 Å². The number of rotatable bonds is 3. The van der Waals surface area contributed by atoms with Gasteiger partial charge in [-0.3, -0.25) is 0 Å². The molecule has 2 aromatic rings. The number of fused-ring (bicyclic) bond motifs is 1. The van der Waals surface area contributed by atoms with E-state index in [1.807, 2.05) is 6.07 Å². The Morgan fingerprint density at radius 1 is 1.44 bits per heavy atom. The molecule has 1 aliphatic rings. The lowest BCUT2D eigenvalue weighted by Crippen LogP contribution is -2.30. The van der Waals surface area contributed by atoms with Crippen LogP contribution in [0.15, 0.2) is 22.6 Å². The summed E-state index contributed by atoms with van der Waals surface area (Å²) in [7, 11) is 0. The maximum absolute atomic E-state index is 5.83. The van der Waals surface area contributed by atoms with E-state index in [0.717, 1.165) is 42.9 Å². The van der Waals surface area contributed by atoms with E-state index in [4.69, 9.17) is 4.42 Å². The molecule has 1 aromatic carbocycles. The lowest BCUT2D eigenvalue weighted by Gasteiger charge is -2.21. The first-order chi connectivity index (χ1) is 8.85. The topological polar surface area (TPSA) is 38.1 Å². The minimum atomic E-state index is 0.678. The van der Waals surface area contributed by atoms with Gasteiger partial charge < -0.3 is 9.73 Å². The van der Waals surface area contributed by atoms with Crippen LogP contribution in [-0.4, -0.2) is 18.1 Å². The van der Waals surface area contributed by atoms with Crippen LogP contribution in [-0.2, 0) is 12.8 Å². The second-order valence-electron chi connectivity index (χ2n) is 5.18. The van der Waals surface area contributed by atoms with Gasteiger partial charge in [-0.25, -0.2) is 4.98 Å². The molecule has 0 saturated carbocycles. The summed E-state index contributed by atoms with van der Waals surface area (Å²) in [5.41, 5.74) is 3.25. The lowest BCUT2D eigenvalue weighted by atomic mass is 9.96. The summed E-state index contributed by atoms with van der Waals surface area (Å²) in [5.74, 6) is 1.57. The highest BCUT2D eigenvalue weighted by atomic mass is 16.3. The summed E-state index contributed by atoms with van der Waals surface area (Å²) in [6.45, 7) is 4.42. The molecule has 0 amide bonds. The van der Waals surface area contributed by atoms with Crippen LogP contribution in [0.1, 0.15) is 31.2 Å². The highest BCUT2D eigenvalue weighted by Crippen LogP contribution is 2.21. The number of benzene rings is 1. The molecule has 0 spiro atoms. The van der Waals surface area contributed by atoms with Gasteiger partial charge in [0.05, 0.1) is 0 Å². The first-order valence-electron chi connectivity index (χ1n) is 6.94. The van der Waals surface area contributed by atoms with Crippen LogP contribution in [0.25, 0.3) is 11.1 Å². The summed E-state index contributed by atoms with van der Waals surface area (Å²) in [5, 5.41) is 3.44. The largest absolute Gasteiger partial charge is 0.441 e. The third-order valence-electron chi connectivity index (χ3n) is 3.77. The lowest BCUT2D eigenvalue weighted by molar-refractivity contribution is 0.349. The number of oxazole rings is 1. The van der Waals surface area contributed by atoms with E-state index in [9.17, 15) is 0 Å². The molecule has 0 radical (unpaired) electrons. The third kappa shape index (κ3) is 2.41. The summed E-state index contributed by atoms with van der Waals surface area (Å²) in [4.78, 5) is 4.62. The minimum Gasteiger partial charge on any atom is -0.441 e. The second kappa shape index (κ2) is 5.11. The van der Waals surface area contributed by atoms with Crippen molar-refractivity contribution < 1.29 is 4.42 Å². The van der Waals surface area contributed by atoms with Crippen molar-refractivity contribution in [1.82, 2.24) is 10.3 Å². The number of nitrogens with zero attached hydrogens (tertiary/aromatic N) is 1. The zero-order valence-corrected chi connectivity index (χ0v) is 10.9. The maximum Gasteiger partial charge on any atom is 0.195 e. The Morgan fingerprint density at radius 2 is 2.39 bits per heavy atom. The average molecular weight is 244 g/mol. The Hall–Kier alpha value is -1.35. The molecule has 1 saturated heterocycles. The molecule has 1 atom stereocenters. The molecule has 3 rings (SSSR count). The van der Waals surface area contributed by atoms with Crippen molar-refractivity contribution >= 4 is 11.1 Å². The molecule has 1 aromatic heterocycles. The summed E-state index contributed by atoms with van der Waals surface area (Å²) < 4.78 is 5.83. The molecule has 3 heteroatoms. The molecule has 1 unspecified atom stereocenters. The first kappa shape index (κ1) is 11.7. The first-order valence-corrected chi connectivity index (χ1v) is 6.94.